The Balaban J connectivity index is 1.13. The highest BCUT2D eigenvalue weighted by atomic mass is 16.6. The lowest BCUT2D eigenvalue weighted by Crippen LogP contribution is -2.49. The molecule has 0 unspecified atom stereocenters. The molecule has 9 nitrogen and oxygen atoms in total. The number of carbonyl (C=O) groups is 2. The van der Waals surface area contributed by atoms with E-state index in [-0.39, 0.29) is 11.7 Å². The third-order valence-electron chi connectivity index (χ3n) is 6.05. The number of hydrogen-bond acceptors (Lipinski definition) is 7. The standard InChI is InChI=1S/C27H30N4O5/c32-26(33)22-5-6-23(29-20-22)2-1-14-30-15-17-31(18-16-30)27(34)36-25-7-3-21(4-8-25)11-19-35-24-9-12-28-13-10-24/h3-10,12-13,20H,1-2,11,14-19H2,(H,32,33). The number of amides is 1. The zero-order valence-electron chi connectivity index (χ0n) is 20.1. The first kappa shape index (κ1) is 25.1. The average Bonchev–Trinajstić information content (AvgIpc) is 2.91. The number of ether oxygens (including phenoxy) is 2. The van der Waals surface area contributed by atoms with Crippen LogP contribution in [-0.2, 0) is 12.8 Å². The lowest BCUT2D eigenvalue weighted by Gasteiger charge is -2.34. The van der Waals surface area contributed by atoms with E-state index in [9.17, 15) is 9.59 Å². The van der Waals surface area contributed by atoms with Crippen molar-refractivity contribution in [1.82, 2.24) is 19.8 Å². The Bertz CT molecular complexity index is 1120. The van der Waals surface area contributed by atoms with E-state index in [2.05, 4.69) is 14.9 Å². The lowest BCUT2D eigenvalue weighted by atomic mass is 10.1. The highest BCUT2D eigenvalue weighted by Gasteiger charge is 2.22. The minimum Gasteiger partial charge on any atom is -0.493 e. The maximum atomic E-state index is 12.6. The quantitative estimate of drug-likeness (QED) is 0.460. The van der Waals surface area contributed by atoms with Crippen molar-refractivity contribution >= 4 is 12.1 Å². The van der Waals surface area contributed by atoms with Gasteiger partial charge in [-0.2, -0.15) is 0 Å². The van der Waals surface area contributed by atoms with Crippen molar-refractivity contribution in [3.63, 3.8) is 0 Å². The maximum Gasteiger partial charge on any atom is 0.415 e. The molecule has 0 spiro atoms. The van der Waals surface area contributed by atoms with Gasteiger partial charge in [-0.1, -0.05) is 12.1 Å². The normalized spacial score (nSPS) is 13.8. The summed E-state index contributed by atoms with van der Waals surface area (Å²) < 4.78 is 11.3. The summed E-state index contributed by atoms with van der Waals surface area (Å²) in [7, 11) is 0. The Kier molecular flexibility index (Phi) is 8.82. The van der Waals surface area contributed by atoms with Crippen molar-refractivity contribution in [2.45, 2.75) is 19.3 Å². The van der Waals surface area contributed by atoms with Crippen molar-refractivity contribution in [2.75, 3.05) is 39.3 Å². The number of aryl methyl sites for hydroxylation is 1. The number of aromatic carboxylic acids is 1. The fourth-order valence-electron chi connectivity index (χ4n) is 3.95. The van der Waals surface area contributed by atoms with Crippen molar-refractivity contribution in [1.29, 1.82) is 0 Å². The average molecular weight is 491 g/mol. The fourth-order valence-corrected chi connectivity index (χ4v) is 3.95. The Morgan fingerprint density at radius 3 is 2.31 bits per heavy atom. The molecule has 0 saturated carbocycles. The van der Waals surface area contributed by atoms with Crippen LogP contribution in [0.25, 0.3) is 0 Å². The third kappa shape index (κ3) is 7.51. The Morgan fingerprint density at radius 1 is 0.889 bits per heavy atom. The van der Waals surface area contributed by atoms with Gasteiger partial charge in [0.1, 0.15) is 11.5 Å². The number of piperazine rings is 1. The van der Waals surface area contributed by atoms with Crippen LogP contribution in [0.1, 0.15) is 28.0 Å². The van der Waals surface area contributed by atoms with E-state index in [0.29, 0.717) is 25.4 Å². The second kappa shape index (κ2) is 12.6. The zero-order valence-corrected chi connectivity index (χ0v) is 20.1. The summed E-state index contributed by atoms with van der Waals surface area (Å²) in [6.07, 6.45) is 6.92. The SMILES string of the molecule is O=C(O)c1ccc(CCCN2CCN(C(=O)Oc3ccc(CCOc4ccncc4)cc3)CC2)nc1. The summed E-state index contributed by atoms with van der Waals surface area (Å²) in [5.74, 6) is 0.355. The smallest absolute Gasteiger partial charge is 0.415 e. The number of hydrogen-bond donors (Lipinski definition) is 1. The van der Waals surface area contributed by atoms with E-state index >= 15 is 0 Å². The van der Waals surface area contributed by atoms with E-state index in [0.717, 1.165) is 55.9 Å². The predicted octanol–water partition coefficient (Wildman–Crippen LogP) is 3.55. The molecule has 3 aromatic rings. The van der Waals surface area contributed by atoms with Gasteiger partial charge in [-0.25, -0.2) is 9.59 Å². The van der Waals surface area contributed by atoms with Gasteiger partial charge in [0.25, 0.3) is 0 Å². The van der Waals surface area contributed by atoms with Gasteiger partial charge < -0.3 is 19.5 Å². The van der Waals surface area contributed by atoms with Gasteiger partial charge in [0.15, 0.2) is 0 Å². The summed E-state index contributed by atoms with van der Waals surface area (Å²) >= 11 is 0. The molecule has 1 aliphatic heterocycles. The minimum absolute atomic E-state index is 0.198. The molecule has 0 radical (unpaired) electrons. The number of nitrogens with zero attached hydrogens (tertiary/aromatic N) is 4. The van der Waals surface area contributed by atoms with Crippen molar-refractivity contribution in [3.05, 3.63) is 83.9 Å². The summed E-state index contributed by atoms with van der Waals surface area (Å²) in [4.78, 5) is 35.7. The molecule has 0 aliphatic carbocycles. The van der Waals surface area contributed by atoms with Crippen LogP contribution >= 0.6 is 0 Å². The summed E-state index contributed by atoms with van der Waals surface area (Å²) in [5.41, 5.74) is 2.18. The fraction of sp³-hybridized carbons (Fsp3) is 0.333. The van der Waals surface area contributed by atoms with Crippen LogP contribution in [0, 0.1) is 0 Å². The number of benzene rings is 1. The van der Waals surface area contributed by atoms with Crippen molar-refractivity contribution in [3.8, 4) is 11.5 Å². The van der Waals surface area contributed by atoms with Crippen LogP contribution in [0.15, 0.2) is 67.1 Å². The molecule has 2 aromatic heterocycles. The van der Waals surface area contributed by atoms with Gasteiger partial charge in [0, 0.05) is 56.9 Å². The number of carbonyl (C=O) groups excluding carboxylic acids is 1. The monoisotopic (exact) mass is 490 g/mol. The molecule has 36 heavy (non-hydrogen) atoms. The van der Waals surface area contributed by atoms with Crippen LogP contribution in [-0.4, -0.2) is 76.3 Å². The minimum atomic E-state index is -0.967. The number of carboxylic acids is 1. The molecule has 1 aliphatic rings. The van der Waals surface area contributed by atoms with Crippen LogP contribution in [0.4, 0.5) is 4.79 Å². The van der Waals surface area contributed by atoms with Crippen molar-refractivity contribution in [2.24, 2.45) is 0 Å². The molecule has 1 saturated heterocycles. The molecule has 188 valence electrons. The summed E-state index contributed by atoms with van der Waals surface area (Å²) in [5, 5.41) is 8.95. The second-order valence-electron chi connectivity index (χ2n) is 8.57. The van der Waals surface area contributed by atoms with Crippen LogP contribution in [0.5, 0.6) is 11.5 Å². The molecular weight excluding hydrogens is 460 g/mol. The molecule has 9 heteroatoms. The lowest BCUT2D eigenvalue weighted by molar-refractivity contribution is 0.0696. The van der Waals surface area contributed by atoms with Crippen LogP contribution in [0.2, 0.25) is 0 Å². The van der Waals surface area contributed by atoms with E-state index in [4.69, 9.17) is 14.6 Å². The van der Waals surface area contributed by atoms with E-state index in [1.54, 1.807) is 29.4 Å². The van der Waals surface area contributed by atoms with Gasteiger partial charge in [0.2, 0.25) is 0 Å². The Morgan fingerprint density at radius 2 is 1.64 bits per heavy atom. The summed E-state index contributed by atoms with van der Waals surface area (Å²) in [6, 6.07) is 14.5. The molecule has 1 N–H and O–H groups in total. The third-order valence-corrected chi connectivity index (χ3v) is 6.05. The molecule has 0 atom stereocenters. The Labute approximate surface area is 210 Å². The number of pyridine rings is 2. The van der Waals surface area contributed by atoms with E-state index in [1.165, 1.54) is 6.20 Å². The topological polar surface area (TPSA) is 105 Å². The van der Waals surface area contributed by atoms with Gasteiger partial charge in [-0.3, -0.25) is 14.9 Å². The summed E-state index contributed by atoms with van der Waals surface area (Å²) in [6.45, 7) is 4.27. The molecule has 1 fully saturated rings. The molecule has 0 bridgehead atoms. The number of carboxylic acid groups (broad SMARTS) is 1. The first-order chi connectivity index (χ1) is 17.6. The van der Waals surface area contributed by atoms with E-state index < -0.39 is 5.97 Å². The first-order valence-electron chi connectivity index (χ1n) is 12.1. The van der Waals surface area contributed by atoms with E-state index in [1.807, 2.05) is 36.4 Å². The van der Waals surface area contributed by atoms with Crippen LogP contribution < -0.4 is 9.47 Å². The first-order valence-corrected chi connectivity index (χ1v) is 12.1. The van der Waals surface area contributed by atoms with Gasteiger partial charge in [0.05, 0.1) is 12.2 Å². The predicted molar refractivity (Wildman–Crippen MR) is 133 cm³/mol. The van der Waals surface area contributed by atoms with Gasteiger partial charge in [-0.15, -0.1) is 0 Å². The number of rotatable bonds is 10. The molecule has 4 rings (SSSR count). The van der Waals surface area contributed by atoms with Crippen LogP contribution in [0.3, 0.4) is 0 Å². The molecule has 3 heterocycles. The molecule has 1 amide bonds. The van der Waals surface area contributed by atoms with Gasteiger partial charge >= 0.3 is 12.1 Å². The van der Waals surface area contributed by atoms with Gasteiger partial charge in [-0.05, 0) is 61.3 Å². The Hall–Kier alpha value is -3.98. The highest BCUT2D eigenvalue weighted by molar-refractivity contribution is 5.87. The molecular formula is C27H30N4O5. The number of aromatic nitrogens is 2. The largest absolute Gasteiger partial charge is 0.493 e. The second-order valence-corrected chi connectivity index (χ2v) is 8.57. The molecule has 1 aromatic carbocycles. The zero-order chi connectivity index (χ0) is 25.2. The van der Waals surface area contributed by atoms with Crippen molar-refractivity contribution < 1.29 is 24.2 Å². The maximum absolute atomic E-state index is 12.6. The highest BCUT2D eigenvalue weighted by Crippen LogP contribution is 2.16.